The van der Waals surface area contributed by atoms with Crippen LogP contribution in [0.4, 0.5) is 0 Å². The van der Waals surface area contributed by atoms with Crippen molar-refractivity contribution in [3.8, 4) is 0 Å². The van der Waals surface area contributed by atoms with Crippen molar-refractivity contribution in [2.24, 2.45) is 0 Å². The molecule has 0 aliphatic heterocycles. The van der Waals surface area contributed by atoms with Gasteiger partial charge in [0.15, 0.2) is 0 Å². The molecule has 0 saturated carbocycles. The normalized spacial score (nSPS) is 13.0. The molecule has 0 fully saturated rings. The topological polar surface area (TPSA) is 0 Å². The third-order valence-corrected chi connectivity index (χ3v) is 17.1. The van der Waals surface area contributed by atoms with E-state index in [4.69, 9.17) is 0 Å². The first-order chi connectivity index (χ1) is 13.9. The summed E-state index contributed by atoms with van der Waals surface area (Å²) >= 11 is 6.51. The van der Waals surface area contributed by atoms with Crippen LogP contribution in [-0.4, -0.2) is 0 Å². The number of halogens is 1. The van der Waals surface area contributed by atoms with Crippen LogP contribution in [0.15, 0.2) is 91.0 Å². The fourth-order valence-electron chi connectivity index (χ4n) is 4.17. The van der Waals surface area contributed by atoms with Crippen LogP contribution in [0.5, 0.6) is 0 Å². The van der Waals surface area contributed by atoms with Crippen LogP contribution in [-0.2, 0) is 6.16 Å². The van der Waals surface area contributed by atoms with Crippen molar-refractivity contribution >= 4 is 48.0 Å². The number of aryl methyl sites for hydroxylation is 1. The number of rotatable bonds is 5. The second-order valence-electron chi connectivity index (χ2n) is 7.68. The molecule has 0 unspecified atom stereocenters. The zero-order chi connectivity index (χ0) is 20.5. The van der Waals surface area contributed by atoms with Gasteiger partial charge in [0.05, 0.1) is 0 Å². The predicted molar refractivity (Wildman–Crippen MR) is 136 cm³/mol. The first kappa shape index (κ1) is 20.5. The third-order valence-electron chi connectivity index (χ3n) is 6.11. The Morgan fingerprint density at radius 1 is 0.621 bits per heavy atom. The Hall–Kier alpha value is -1.73. The van der Waals surface area contributed by atoms with E-state index in [1.54, 1.807) is 0 Å². The van der Waals surface area contributed by atoms with Gasteiger partial charge in [0.25, 0.3) is 0 Å². The van der Waals surface area contributed by atoms with Crippen LogP contribution in [0.1, 0.15) is 20.9 Å². The van der Waals surface area contributed by atoms with Gasteiger partial charge in [-0.1, -0.05) is 0 Å². The van der Waals surface area contributed by atoms with Gasteiger partial charge in [0.1, 0.15) is 0 Å². The Morgan fingerprint density at radius 2 is 1.00 bits per heavy atom. The van der Waals surface area contributed by atoms with Crippen LogP contribution in [0.2, 0.25) is 0 Å². The molecule has 0 aliphatic rings. The van der Waals surface area contributed by atoms with Crippen LogP contribution < -0.4 is 15.9 Å². The van der Waals surface area contributed by atoms with Gasteiger partial charge in [-0.15, -0.1) is 0 Å². The maximum atomic E-state index is 4.56. The van der Waals surface area contributed by atoms with Crippen molar-refractivity contribution in [1.29, 1.82) is 0 Å². The summed E-state index contributed by atoms with van der Waals surface area (Å²) in [4.78, 5) is 2.90. The molecule has 29 heavy (non-hydrogen) atoms. The Labute approximate surface area is 186 Å². The number of hydrogen-bond acceptors (Lipinski definition) is 1. The van der Waals surface area contributed by atoms with Crippen LogP contribution >= 0.6 is 32.1 Å². The van der Waals surface area contributed by atoms with Crippen LogP contribution in [0.3, 0.4) is 0 Å². The first-order valence-electron chi connectivity index (χ1n) is 9.90. The molecule has 4 aromatic rings. The fourth-order valence-corrected chi connectivity index (χ4v) is 14.2. The quantitative estimate of drug-likeness (QED) is 0.269. The van der Waals surface area contributed by atoms with Crippen molar-refractivity contribution in [3.05, 3.63) is 112 Å². The average Bonchev–Trinajstić information content (AvgIpc) is 3.02. The number of thiophene rings is 1. The molecule has 0 aliphatic carbocycles. The first-order valence-corrected chi connectivity index (χ1v) is 15.2. The summed E-state index contributed by atoms with van der Waals surface area (Å²) in [5.74, 6) is 0. The SMILES string of the molecule is Cc1sc(CP(Br)(c2ccccc2)(c2ccccc2)c2ccccc2)c(C)c1C. The van der Waals surface area contributed by atoms with E-state index in [9.17, 15) is 0 Å². The molecular weight excluding hydrogens is 455 g/mol. The molecule has 0 N–H and O–H groups in total. The van der Waals surface area contributed by atoms with Crippen molar-refractivity contribution in [2.45, 2.75) is 26.9 Å². The van der Waals surface area contributed by atoms with Gasteiger partial charge in [-0.25, -0.2) is 0 Å². The van der Waals surface area contributed by atoms with Gasteiger partial charge in [0, 0.05) is 0 Å². The van der Waals surface area contributed by atoms with Gasteiger partial charge in [-0.3, -0.25) is 0 Å². The molecule has 0 bridgehead atoms. The summed E-state index contributed by atoms with van der Waals surface area (Å²) in [7, 11) is 0. The Bertz CT molecular complexity index is 1020. The second-order valence-corrected chi connectivity index (χ2v) is 17.9. The zero-order valence-corrected chi connectivity index (χ0v) is 20.4. The summed E-state index contributed by atoms with van der Waals surface area (Å²) in [5.41, 5.74) is 2.86. The molecule has 4 rings (SSSR count). The van der Waals surface area contributed by atoms with Gasteiger partial charge in [0.2, 0.25) is 0 Å². The van der Waals surface area contributed by atoms with E-state index in [0.29, 0.717) is 0 Å². The Kier molecular flexibility index (Phi) is 5.55. The molecule has 148 valence electrons. The third kappa shape index (κ3) is 3.32. The molecule has 0 amide bonds. The summed E-state index contributed by atoms with van der Waals surface area (Å²) < 4.78 is 0. The molecular formula is C26H26BrPS. The molecule has 0 radical (unpaired) electrons. The summed E-state index contributed by atoms with van der Waals surface area (Å²) in [6.07, 6.45) is 0.981. The van der Waals surface area contributed by atoms with Gasteiger partial charge >= 0.3 is 187 Å². The van der Waals surface area contributed by atoms with E-state index in [0.717, 1.165) is 6.16 Å². The van der Waals surface area contributed by atoms with Crippen LogP contribution in [0, 0.1) is 20.8 Å². The van der Waals surface area contributed by atoms with E-state index in [1.807, 2.05) is 11.3 Å². The van der Waals surface area contributed by atoms with Crippen LogP contribution in [0.25, 0.3) is 0 Å². The predicted octanol–water partition coefficient (Wildman–Crippen LogP) is 7.01. The van der Waals surface area contributed by atoms with Gasteiger partial charge in [-0.05, 0) is 0 Å². The molecule has 1 heterocycles. The zero-order valence-electron chi connectivity index (χ0n) is 17.1. The fraction of sp³-hybridized carbons (Fsp3) is 0.154. The summed E-state index contributed by atoms with van der Waals surface area (Å²) in [6.45, 7) is 6.78. The van der Waals surface area contributed by atoms with E-state index < -0.39 is 5.31 Å². The summed E-state index contributed by atoms with van der Waals surface area (Å²) in [5, 5.41) is 1.22. The van der Waals surface area contributed by atoms with E-state index in [2.05, 4.69) is 127 Å². The van der Waals surface area contributed by atoms with Gasteiger partial charge < -0.3 is 0 Å². The van der Waals surface area contributed by atoms with Gasteiger partial charge in [-0.2, -0.15) is 0 Å². The molecule has 0 atom stereocenters. The second kappa shape index (κ2) is 7.84. The van der Waals surface area contributed by atoms with E-state index in [-0.39, 0.29) is 0 Å². The molecule has 0 saturated heterocycles. The van der Waals surface area contributed by atoms with Crippen molar-refractivity contribution in [2.75, 3.05) is 0 Å². The van der Waals surface area contributed by atoms with E-state index >= 15 is 0 Å². The van der Waals surface area contributed by atoms with Crippen molar-refractivity contribution < 1.29 is 0 Å². The summed E-state index contributed by atoms with van der Waals surface area (Å²) in [6, 6.07) is 33.1. The average molecular weight is 481 g/mol. The monoisotopic (exact) mass is 480 g/mol. The minimum absolute atomic E-state index is 0.981. The molecule has 0 spiro atoms. The standard InChI is InChI=1S/C26H26BrPS/c1-20-21(2)26(29-22(20)3)19-28(27,23-13-7-4-8-14-23,24-15-9-5-10-16-24)25-17-11-6-12-18-25/h4-18H,19H2,1-3H3. The number of benzene rings is 3. The maximum absolute atomic E-state index is 4.56. The Morgan fingerprint density at radius 3 is 1.31 bits per heavy atom. The van der Waals surface area contributed by atoms with E-state index in [1.165, 1.54) is 36.8 Å². The molecule has 1 aromatic heterocycles. The Balaban J connectivity index is 2.11. The number of hydrogen-bond donors (Lipinski definition) is 0. The molecule has 3 heteroatoms. The van der Waals surface area contributed by atoms with Crippen molar-refractivity contribution in [1.82, 2.24) is 0 Å². The minimum atomic E-state index is -2.90. The molecule has 0 nitrogen and oxygen atoms in total. The molecule has 3 aromatic carbocycles. The van der Waals surface area contributed by atoms with Crippen molar-refractivity contribution in [3.63, 3.8) is 0 Å².